The van der Waals surface area contributed by atoms with Gasteiger partial charge >= 0.3 is 29.8 Å². The van der Waals surface area contributed by atoms with Crippen molar-refractivity contribution in [3.05, 3.63) is 324 Å². The van der Waals surface area contributed by atoms with Crippen molar-refractivity contribution in [3.8, 4) is 23.0 Å². The number of rotatable bonds is 17. The SMILES string of the molecule is C=C(C(=O)OC)C(O)c1ccccc1.C=C(C(=O)OC)C(O)c1ccccc1.C=C(C(=O)OC)C(O)c1ccccc1.C=C(C(=O)OC)C(O)c1ccccc1.C=CC(=O)OC.CO.C[C@H]1C2CCCC1(c1cccc(O)c1)CCN2.C[C@H]1C2CCCC1(c1cccc(O)c1)CCN2.C[C@H]1C2CCCC1(c1cccc(O)c1)CCN2.C[C@H]1C2CCCC1(c1cccc(O)c1)CCN2. The van der Waals surface area contributed by atoms with E-state index in [0.29, 0.717) is 115 Å². The molecule has 8 aromatic carbocycles. The lowest BCUT2D eigenvalue weighted by Crippen LogP contribution is -2.55. The summed E-state index contributed by atoms with van der Waals surface area (Å²) < 4.78 is 22.0. The fourth-order valence-corrected chi connectivity index (χ4v) is 20.3. The van der Waals surface area contributed by atoms with Gasteiger partial charge in [0, 0.05) is 59.0 Å². The number of hydrogen-bond acceptors (Lipinski definition) is 23. The molecule has 132 heavy (non-hydrogen) atoms. The summed E-state index contributed by atoms with van der Waals surface area (Å²) >= 11 is 0. The second-order valence-electron chi connectivity index (χ2n) is 34.8. The molecular formula is C109H142N4O19. The molecule has 13 N–H and O–H groups in total. The van der Waals surface area contributed by atoms with Crippen LogP contribution < -0.4 is 21.3 Å². The molecule has 4 heterocycles. The van der Waals surface area contributed by atoms with E-state index in [2.05, 4.69) is 130 Å². The first-order valence-corrected chi connectivity index (χ1v) is 45.6. The number of fused-ring (bicyclic) bond motifs is 8. The number of aliphatic hydroxyl groups is 5. The summed E-state index contributed by atoms with van der Waals surface area (Å²) in [7, 11) is 7.33. The van der Waals surface area contributed by atoms with Gasteiger partial charge in [-0.3, -0.25) is 0 Å². The van der Waals surface area contributed by atoms with Crippen molar-refractivity contribution in [1.29, 1.82) is 0 Å². The van der Waals surface area contributed by atoms with Gasteiger partial charge in [-0.15, -0.1) is 0 Å². The Bertz CT molecular complexity index is 4330. The standard InChI is InChI=1S/4C15H21NO.4C11H12O3.C4H6O2.CH4O/c4*1-11-14-6-3-7-15(11,8-9-16-14)12-4-2-5-13(17)10-12;4*1-8(11(13)14-2)10(12)9-6-4-3-5-7-9;1-3-4(5)6-2;1-2/h4*2,4-5,10-11,14,16-17H,3,6-9H2,1H3;4*3-7,10,12H,1H2,2H3;3H,1H2,2H3;2H,1H3/t4*11-,14?,15?;;;;;;/m0000....../s1. The highest BCUT2D eigenvalue weighted by Crippen LogP contribution is 2.53. The van der Waals surface area contributed by atoms with Gasteiger partial charge in [0.2, 0.25) is 0 Å². The third-order valence-electron chi connectivity index (χ3n) is 28.0. The van der Waals surface area contributed by atoms with Crippen LogP contribution in [0.3, 0.4) is 0 Å². The molecule has 23 heteroatoms. The fraction of sp³-hybridized carbons (Fsp3) is 0.422. The minimum atomic E-state index is -0.997. The van der Waals surface area contributed by atoms with Crippen LogP contribution in [0, 0.1) is 23.7 Å². The highest BCUT2D eigenvalue weighted by atomic mass is 16.5. The molecule has 8 bridgehead atoms. The van der Waals surface area contributed by atoms with Gasteiger partial charge in [-0.1, -0.05) is 256 Å². The quantitative estimate of drug-likeness (QED) is 0.0229. The maximum Gasteiger partial charge on any atom is 0.336 e. The van der Waals surface area contributed by atoms with E-state index in [9.17, 15) is 64.8 Å². The Morgan fingerprint density at radius 1 is 0.318 bits per heavy atom. The molecular weight excluding hydrogens is 1670 g/mol. The molecule has 0 aromatic heterocycles. The molecule has 16 atom stereocenters. The number of hydrogen-bond donors (Lipinski definition) is 13. The number of aromatic hydroxyl groups is 4. The van der Waals surface area contributed by atoms with Gasteiger partial charge in [0.1, 0.15) is 47.4 Å². The van der Waals surface area contributed by atoms with E-state index in [4.69, 9.17) is 5.11 Å². The van der Waals surface area contributed by atoms with Crippen LogP contribution in [0.1, 0.15) is 199 Å². The van der Waals surface area contributed by atoms with Crippen LogP contribution in [0.5, 0.6) is 23.0 Å². The van der Waals surface area contributed by atoms with Crippen LogP contribution in [0.4, 0.5) is 0 Å². The summed E-state index contributed by atoms with van der Waals surface area (Å²) in [5.74, 6) is 1.54. The lowest BCUT2D eigenvalue weighted by molar-refractivity contribution is -0.138. The van der Waals surface area contributed by atoms with E-state index in [1.807, 2.05) is 72.8 Å². The number of phenolic OH excluding ortho intramolecular Hbond substituents is 4. The van der Waals surface area contributed by atoms with E-state index in [1.54, 1.807) is 121 Å². The number of benzene rings is 8. The average molecular weight is 1810 g/mol. The Balaban J connectivity index is 0.000000204. The highest BCUT2D eigenvalue weighted by Gasteiger charge is 2.50. The minimum Gasteiger partial charge on any atom is -0.508 e. The van der Waals surface area contributed by atoms with Crippen LogP contribution in [0.2, 0.25) is 0 Å². The molecule has 4 saturated heterocycles. The topological polar surface area (TPSA) is 362 Å². The number of phenols is 4. The Hall–Kier alpha value is -11.4. The van der Waals surface area contributed by atoms with Crippen molar-refractivity contribution in [2.75, 3.05) is 68.8 Å². The second-order valence-corrected chi connectivity index (χ2v) is 34.8. The van der Waals surface area contributed by atoms with Gasteiger partial charge in [0.05, 0.1) is 57.8 Å². The number of methoxy groups -OCH3 is 5. The van der Waals surface area contributed by atoms with Crippen LogP contribution >= 0.6 is 0 Å². The predicted octanol–water partition coefficient (Wildman–Crippen LogP) is 17.0. The van der Waals surface area contributed by atoms with Gasteiger partial charge in [-0.2, -0.15) is 0 Å². The third kappa shape index (κ3) is 28.4. The second kappa shape index (κ2) is 53.4. The molecule has 8 aliphatic rings. The van der Waals surface area contributed by atoms with Crippen molar-refractivity contribution in [2.45, 2.75) is 201 Å². The number of esters is 5. The first-order chi connectivity index (χ1) is 63.4. The first-order valence-electron chi connectivity index (χ1n) is 45.6. The Kier molecular flexibility index (Phi) is 43.5. The Labute approximate surface area is 780 Å². The largest absolute Gasteiger partial charge is 0.508 e. The maximum atomic E-state index is 11.0. The maximum absolute atomic E-state index is 11.0. The van der Waals surface area contributed by atoms with E-state index in [0.717, 1.165) is 39.4 Å². The molecule has 4 saturated carbocycles. The smallest absolute Gasteiger partial charge is 0.336 e. The van der Waals surface area contributed by atoms with E-state index >= 15 is 0 Å². The third-order valence-corrected chi connectivity index (χ3v) is 28.0. The zero-order valence-corrected chi connectivity index (χ0v) is 78.6. The summed E-state index contributed by atoms with van der Waals surface area (Å²) in [6.45, 7) is 31.0. The molecule has 8 fully saturated rings. The van der Waals surface area contributed by atoms with Crippen molar-refractivity contribution in [1.82, 2.24) is 21.3 Å². The van der Waals surface area contributed by atoms with Gasteiger partial charge < -0.3 is 90.9 Å². The minimum absolute atomic E-state index is 0.0405. The Morgan fingerprint density at radius 2 is 0.515 bits per heavy atom. The molecule has 0 radical (unpaired) electrons. The number of aliphatic hydroxyl groups excluding tert-OH is 5. The van der Waals surface area contributed by atoms with E-state index < -0.39 is 54.3 Å². The van der Waals surface area contributed by atoms with Gasteiger partial charge in [-0.05, 0) is 220 Å². The average Bonchev–Trinajstić information content (AvgIpc) is 0.768. The summed E-state index contributed by atoms with van der Waals surface area (Å²) in [5.41, 5.74) is 9.24. The first kappa shape index (κ1) is 108. The van der Waals surface area contributed by atoms with Crippen molar-refractivity contribution in [3.63, 3.8) is 0 Å². The molecule has 712 valence electrons. The van der Waals surface area contributed by atoms with Crippen molar-refractivity contribution >= 4 is 29.8 Å². The molecule has 4 aliphatic carbocycles. The van der Waals surface area contributed by atoms with Crippen LogP contribution in [-0.2, 0) is 69.3 Å². The van der Waals surface area contributed by atoms with Crippen LogP contribution in [0.25, 0.3) is 0 Å². The van der Waals surface area contributed by atoms with Gasteiger partial charge in [0.25, 0.3) is 0 Å². The molecule has 12 unspecified atom stereocenters. The number of ether oxygens (including phenoxy) is 5. The fourth-order valence-electron chi connectivity index (χ4n) is 20.3. The summed E-state index contributed by atoms with van der Waals surface area (Å²) in [5, 5.41) is 99.2. The summed E-state index contributed by atoms with van der Waals surface area (Å²) in [6.07, 6.45) is 17.5. The molecule has 16 rings (SSSR count). The Morgan fingerprint density at radius 3 is 0.674 bits per heavy atom. The molecule has 0 amide bonds. The number of piperidine rings is 4. The summed E-state index contributed by atoms with van der Waals surface area (Å²) in [4.78, 5) is 54.0. The van der Waals surface area contributed by atoms with Crippen molar-refractivity contribution < 1.29 is 93.6 Å². The molecule has 4 aliphatic heterocycles. The van der Waals surface area contributed by atoms with Gasteiger partial charge in [0.15, 0.2) is 0 Å². The number of carbonyl (C=O) groups is 5. The monoisotopic (exact) mass is 1810 g/mol. The molecule has 23 nitrogen and oxygen atoms in total. The summed E-state index contributed by atoms with van der Waals surface area (Å²) in [6, 6.07) is 69.7. The van der Waals surface area contributed by atoms with Crippen LogP contribution in [0.15, 0.2) is 280 Å². The highest BCUT2D eigenvalue weighted by molar-refractivity contribution is 5.90. The van der Waals surface area contributed by atoms with E-state index in [-0.39, 0.29) is 22.3 Å². The zero-order chi connectivity index (χ0) is 96.7. The normalized spacial score (nSPS) is 24.3. The lowest BCUT2D eigenvalue weighted by Gasteiger charge is -2.51. The zero-order valence-electron chi connectivity index (χ0n) is 78.6. The predicted molar refractivity (Wildman–Crippen MR) is 517 cm³/mol. The van der Waals surface area contributed by atoms with E-state index in [1.165, 1.54) is 161 Å². The molecule has 8 aromatic rings. The lowest BCUT2D eigenvalue weighted by atomic mass is 9.58. The van der Waals surface area contributed by atoms with Gasteiger partial charge in [-0.25, -0.2) is 24.0 Å². The van der Waals surface area contributed by atoms with Crippen molar-refractivity contribution in [2.24, 2.45) is 23.7 Å². The molecule has 0 spiro atoms. The number of nitrogens with one attached hydrogen (secondary N) is 4. The number of carbonyl (C=O) groups excluding carboxylic acids is 5. The van der Waals surface area contributed by atoms with Crippen LogP contribution in [-0.4, -0.2) is 169 Å².